The second-order valence-electron chi connectivity index (χ2n) is 4.73. The Morgan fingerprint density at radius 1 is 1.35 bits per heavy atom. The number of carbonyl (C=O) groups is 1. The molecule has 0 aliphatic heterocycles. The molecule has 0 aromatic heterocycles. The molecule has 0 amide bonds. The number of rotatable bonds is 6. The van der Waals surface area contributed by atoms with E-state index in [0.717, 1.165) is 22.1 Å². The van der Waals surface area contributed by atoms with E-state index in [0.29, 0.717) is 12.8 Å². The minimum absolute atomic E-state index is 0.436. The van der Waals surface area contributed by atoms with Gasteiger partial charge < -0.3 is 9.84 Å². The number of fused-ring (bicyclic) bond motifs is 1. The number of ether oxygens (including phenoxy) is 1. The highest BCUT2D eigenvalue weighted by Crippen LogP contribution is 2.30. The molecule has 3 nitrogen and oxygen atoms in total. The van der Waals surface area contributed by atoms with Crippen LogP contribution in [0.2, 0.25) is 0 Å². The predicted octanol–water partition coefficient (Wildman–Crippen LogP) is 3.67. The number of carboxylic acid groups (broad SMARTS) is 1. The number of carboxylic acids is 1. The topological polar surface area (TPSA) is 46.5 Å². The first-order valence-corrected chi connectivity index (χ1v) is 6.55. The van der Waals surface area contributed by atoms with Gasteiger partial charge in [0.2, 0.25) is 0 Å². The lowest BCUT2D eigenvalue weighted by Crippen LogP contribution is -2.16. The van der Waals surface area contributed by atoms with Gasteiger partial charge in [-0.3, -0.25) is 4.79 Å². The zero-order valence-electron chi connectivity index (χ0n) is 11.5. The van der Waals surface area contributed by atoms with Crippen molar-refractivity contribution in [3.05, 3.63) is 54.6 Å². The summed E-state index contributed by atoms with van der Waals surface area (Å²) in [5, 5.41) is 11.4. The van der Waals surface area contributed by atoms with Crippen LogP contribution in [0.25, 0.3) is 10.8 Å². The molecule has 0 saturated carbocycles. The van der Waals surface area contributed by atoms with Gasteiger partial charge in [-0.05, 0) is 29.7 Å². The van der Waals surface area contributed by atoms with E-state index >= 15 is 0 Å². The summed E-state index contributed by atoms with van der Waals surface area (Å²) in [6.07, 6.45) is 2.53. The van der Waals surface area contributed by atoms with Gasteiger partial charge in [0.25, 0.3) is 0 Å². The fraction of sp³-hybridized carbons (Fsp3) is 0.235. The van der Waals surface area contributed by atoms with Gasteiger partial charge in [-0.15, -0.1) is 6.58 Å². The Balaban J connectivity index is 2.50. The summed E-state index contributed by atoms with van der Waals surface area (Å²) in [5.41, 5.74) is 0.944. The van der Waals surface area contributed by atoms with Crippen LogP contribution in [0, 0.1) is 5.92 Å². The van der Waals surface area contributed by atoms with E-state index in [1.165, 1.54) is 0 Å². The van der Waals surface area contributed by atoms with Crippen LogP contribution in [-0.2, 0) is 11.2 Å². The molecule has 2 aromatic carbocycles. The summed E-state index contributed by atoms with van der Waals surface area (Å²) in [5.74, 6) is -0.550. The molecule has 0 fully saturated rings. The van der Waals surface area contributed by atoms with Gasteiger partial charge in [0, 0.05) is 5.56 Å². The Hall–Kier alpha value is -2.29. The predicted molar refractivity (Wildman–Crippen MR) is 80.1 cm³/mol. The molecule has 0 spiro atoms. The third-order valence-corrected chi connectivity index (χ3v) is 3.47. The van der Waals surface area contributed by atoms with Crippen LogP contribution in [0.4, 0.5) is 0 Å². The fourth-order valence-corrected chi connectivity index (χ4v) is 2.44. The van der Waals surface area contributed by atoms with Crippen LogP contribution in [0.15, 0.2) is 49.1 Å². The summed E-state index contributed by atoms with van der Waals surface area (Å²) < 4.78 is 5.39. The first kappa shape index (κ1) is 14.1. The second-order valence-corrected chi connectivity index (χ2v) is 4.73. The molecule has 0 saturated heterocycles. The first-order chi connectivity index (χ1) is 9.67. The van der Waals surface area contributed by atoms with Crippen LogP contribution in [0.5, 0.6) is 5.75 Å². The Bertz CT molecular complexity index is 631. The van der Waals surface area contributed by atoms with Crippen molar-refractivity contribution in [1.82, 2.24) is 0 Å². The quantitative estimate of drug-likeness (QED) is 0.815. The highest BCUT2D eigenvalue weighted by Gasteiger charge is 2.20. The lowest BCUT2D eigenvalue weighted by atomic mass is 9.92. The number of benzene rings is 2. The third kappa shape index (κ3) is 2.82. The van der Waals surface area contributed by atoms with E-state index < -0.39 is 11.9 Å². The molecule has 3 heteroatoms. The van der Waals surface area contributed by atoms with Gasteiger partial charge in [0.1, 0.15) is 5.75 Å². The zero-order valence-corrected chi connectivity index (χ0v) is 11.5. The van der Waals surface area contributed by atoms with Crippen molar-refractivity contribution in [3.63, 3.8) is 0 Å². The van der Waals surface area contributed by atoms with Crippen LogP contribution in [0.3, 0.4) is 0 Å². The lowest BCUT2D eigenvalue weighted by Gasteiger charge is -2.15. The van der Waals surface area contributed by atoms with E-state index in [4.69, 9.17) is 4.74 Å². The molecule has 0 heterocycles. The number of hydrogen-bond donors (Lipinski definition) is 1. The van der Waals surface area contributed by atoms with Crippen LogP contribution >= 0.6 is 0 Å². The van der Waals surface area contributed by atoms with Gasteiger partial charge in [-0.2, -0.15) is 0 Å². The van der Waals surface area contributed by atoms with Crippen molar-refractivity contribution < 1.29 is 14.6 Å². The average Bonchev–Trinajstić information content (AvgIpc) is 2.46. The molecule has 0 unspecified atom stereocenters. The minimum Gasteiger partial charge on any atom is -0.496 e. The minimum atomic E-state index is -0.806. The maximum atomic E-state index is 11.3. The van der Waals surface area contributed by atoms with E-state index in [9.17, 15) is 9.90 Å². The third-order valence-electron chi connectivity index (χ3n) is 3.47. The number of methoxy groups -OCH3 is 1. The Morgan fingerprint density at radius 3 is 2.75 bits per heavy atom. The zero-order chi connectivity index (χ0) is 14.5. The number of hydrogen-bond acceptors (Lipinski definition) is 2. The number of allylic oxidation sites excluding steroid dienone is 1. The molecule has 0 radical (unpaired) electrons. The fourth-order valence-electron chi connectivity index (χ4n) is 2.44. The van der Waals surface area contributed by atoms with Crippen molar-refractivity contribution in [3.8, 4) is 5.75 Å². The highest BCUT2D eigenvalue weighted by molar-refractivity contribution is 5.88. The monoisotopic (exact) mass is 270 g/mol. The number of aliphatic carboxylic acids is 1. The first-order valence-electron chi connectivity index (χ1n) is 6.55. The molecule has 0 bridgehead atoms. The van der Waals surface area contributed by atoms with Crippen molar-refractivity contribution >= 4 is 16.7 Å². The van der Waals surface area contributed by atoms with Crippen LogP contribution in [0.1, 0.15) is 12.0 Å². The molecule has 0 aliphatic carbocycles. The molecule has 1 atom stereocenters. The normalized spacial score (nSPS) is 12.1. The second kappa shape index (κ2) is 6.24. The van der Waals surface area contributed by atoms with Gasteiger partial charge in [-0.25, -0.2) is 0 Å². The standard InChI is InChI=1S/C17H18O3/c1-3-6-13(17(18)19)11-15-14-8-5-4-7-12(14)9-10-16(15)20-2/h3-5,7-10,13H,1,6,11H2,2H3,(H,18,19)/t13-/m1/s1. The molecule has 1 N–H and O–H groups in total. The van der Waals surface area contributed by atoms with Gasteiger partial charge in [-0.1, -0.05) is 36.4 Å². The summed E-state index contributed by atoms with van der Waals surface area (Å²) in [4.78, 5) is 11.3. The smallest absolute Gasteiger partial charge is 0.307 e. The Labute approximate surface area is 118 Å². The van der Waals surface area contributed by atoms with E-state index in [1.807, 2.05) is 36.4 Å². The van der Waals surface area contributed by atoms with Gasteiger partial charge in [0.05, 0.1) is 13.0 Å². The van der Waals surface area contributed by atoms with E-state index in [-0.39, 0.29) is 0 Å². The van der Waals surface area contributed by atoms with Crippen molar-refractivity contribution in [2.24, 2.45) is 5.92 Å². The van der Waals surface area contributed by atoms with Crippen LogP contribution < -0.4 is 4.74 Å². The maximum absolute atomic E-state index is 11.3. The highest BCUT2D eigenvalue weighted by atomic mass is 16.5. The molecular formula is C17H18O3. The molecule has 20 heavy (non-hydrogen) atoms. The van der Waals surface area contributed by atoms with E-state index in [2.05, 4.69) is 6.58 Å². The SMILES string of the molecule is C=CC[C@H](Cc1c(OC)ccc2ccccc12)C(=O)O. The average molecular weight is 270 g/mol. The molecule has 0 aliphatic rings. The molecule has 104 valence electrons. The molecule has 2 rings (SSSR count). The van der Waals surface area contributed by atoms with Crippen LogP contribution in [-0.4, -0.2) is 18.2 Å². The van der Waals surface area contributed by atoms with E-state index in [1.54, 1.807) is 13.2 Å². The summed E-state index contributed by atoms with van der Waals surface area (Å²) in [7, 11) is 1.61. The van der Waals surface area contributed by atoms with Crippen molar-refractivity contribution in [1.29, 1.82) is 0 Å². The molecular weight excluding hydrogens is 252 g/mol. The summed E-state index contributed by atoms with van der Waals surface area (Å²) >= 11 is 0. The Morgan fingerprint density at radius 2 is 2.10 bits per heavy atom. The Kier molecular flexibility index (Phi) is 4.41. The summed E-state index contributed by atoms with van der Waals surface area (Å²) in [6, 6.07) is 11.8. The van der Waals surface area contributed by atoms with Gasteiger partial charge in [0.15, 0.2) is 0 Å². The lowest BCUT2D eigenvalue weighted by molar-refractivity contribution is -0.141. The molecule has 2 aromatic rings. The van der Waals surface area contributed by atoms with Gasteiger partial charge >= 0.3 is 5.97 Å². The van der Waals surface area contributed by atoms with Crippen molar-refractivity contribution in [2.45, 2.75) is 12.8 Å². The summed E-state index contributed by atoms with van der Waals surface area (Å²) in [6.45, 7) is 3.63. The maximum Gasteiger partial charge on any atom is 0.307 e. The van der Waals surface area contributed by atoms with Crippen molar-refractivity contribution in [2.75, 3.05) is 7.11 Å². The largest absolute Gasteiger partial charge is 0.496 e.